The Morgan fingerprint density at radius 2 is 1.86 bits per heavy atom. The summed E-state index contributed by atoms with van der Waals surface area (Å²) >= 11 is 0. The Morgan fingerprint density at radius 3 is 2.46 bits per heavy atom. The van der Waals surface area contributed by atoms with E-state index in [0.717, 1.165) is 32.0 Å². The van der Waals surface area contributed by atoms with E-state index in [1.54, 1.807) is 7.05 Å². The van der Waals surface area contributed by atoms with Crippen molar-refractivity contribution in [3.05, 3.63) is 65.0 Å². The Labute approximate surface area is 165 Å². The molecule has 150 valence electrons. The highest BCUT2D eigenvalue weighted by Crippen LogP contribution is 2.21. The number of likely N-dealkylation sites (N-methyl/N-ethyl adjacent to an activating group) is 1. The number of carbonyl (C=O) groups excluding carboxylic acids is 1. The maximum Gasteiger partial charge on any atom is 0.257 e. The predicted molar refractivity (Wildman–Crippen MR) is 106 cm³/mol. The topological polar surface area (TPSA) is 53.0 Å². The van der Waals surface area contributed by atoms with Gasteiger partial charge in [-0.3, -0.25) is 4.79 Å². The second-order valence-corrected chi connectivity index (χ2v) is 7.25. The third kappa shape index (κ3) is 4.88. The number of fused-ring (bicyclic) bond motifs is 1. The van der Waals surface area contributed by atoms with Crippen LogP contribution in [0.15, 0.2) is 42.5 Å². The van der Waals surface area contributed by atoms with Gasteiger partial charge in [-0.15, -0.1) is 0 Å². The molecule has 0 unspecified atom stereocenters. The first kappa shape index (κ1) is 20.3. The van der Waals surface area contributed by atoms with Crippen molar-refractivity contribution in [2.45, 2.75) is 18.9 Å². The van der Waals surface area contributed by atoms with Crippen LogP contribution in [-0.2, 0) is 12.8 Å². The van der Waals surface area contributed by atoms with Crippen molar-refractivity contribution >= 4 is 5.91 Å². The maximum atomic E-state index is 13.5. The molecule has 1 amide bonds. The van der Waals surface area contributed by atoms with Crippen LogP contribution in [-0.4, -0.2) is 67.3 Å². The van der Waals surface area contributed by atoms with Crippen molar-refractivity contribution in [2.75, 3.05) is 40.3 Å². The number of benzene rings is 2. The van der Waals surface area contributed by atoms with Crippen LogP contribution in [0.4, 0.5) is 4.39 Å². The summed E-state index contributed by atoms with van der Waals surface area (Å²) in [5, 5.41) is 10.5. The molecule has 2 aromatic rings. The quantitative estimate of drug-likeness (QED) is 0.828. The highest BCUT2D eigenvalue weighted by Gasteiger charge is 2.22. The van der Waals surface area contributed by atoms with E-state index in [1.807, 2.05) is 0 Å². The molecule has 0 radical (unpaired) electrons. The highest BCUT2D eigenvalue weighted by atomic mass is 19.1. The fraction of sp³-hybridized carbons (Fsp3) is 0.409. The van der Waals surface area contributed by atoms with Crippen molar-refractivity contribution in [2.24, 2.45) is 0 Å². The Hall–Kier alpha value is -2.44. The van der Waals surface area contributed by atoms with Gasteiger partial charge in [0, 0.05) is 33.2 Å². The van der Waals surface area contributed by atoms with Gasteiger partial charge in [-0.1, -0.05) is 24.3 Å². The van der Waals surface area contributed by atoms with Crippen LogP contribution in [0.5, 0.6) is 5.75 Å². The summed E-state index contributed by atoms with van der Waals surface area (Å²) in [5.74, 6) is -0.557. The summed E-state index contributed by atoms with van der Waals surface area (Å²) in [6.45, 7) is 2.42. The zero-order valence-corrected chi connectivity index (χ0v) is 16.4. The van der Waals surface area contributed by atoms with Crippen molar-refractivity contribution in [3.63, 3.8) is 0 Å². The third-order valence-electron chi connectivity index (χ3n) is 5.21. The fourth-order valence-electron chi connectivity index (χ4n) is 3.70. The number of aliphatic hydroxyl groups excluding tert-OH is 1. The first-order valence-electron chi connectivity index (χ1n) is 9.54. The van der Waals surface area contributed by atoms with Gasteiger partial charge in [-0.25, -0.2) is 4.39 Å². The van der Waals surface area contributed by atoms with E-state index < -0.39 is 11.9 Å². The molecule has 0 saturated heterocycles. The number of hydrogen-bond donors (Lipinski definition) is 1. The number of carbonyl (C=O) groups is 1. The normalized spacial score (nSPS) is 15.4. The summed E-state index contributed by atoms with van der Waals surface area (Å²) in [4.78, 5) is 16.3. The molecule has 1 aliphatic heterocycles. The summed E-state index contributed by atoms with van der Waals surface area (Å²) in [5.41, 5.74) is 2.89. The number of amides is 1. The Morgan fingerprint density at radius 1 is 1.21 bits per heavy atom. The van der Waals surface area contributed by atoms with Crippen LogP contribution in [0, 0.1) is 5.82 Å². The van der Waals surface area contributed by atoms with Crippen LogP contribution in [0.1, 0.15) is 21.5 Å². The van der Waals surface area contributed by atoms with Crippen LogP contribution < -0.4 is 4.74 Å². The summed E-state index contributed by atoms with van der Waals surface area (Å²) in [6, 6.07) is 12.3. The molecule has 0 bridgehead atoms. The lowest BCUT2D eigenvalue weighted by atomic mass is 10.0. The molecule has 5 nitrogen and oxygen atoms in total. The molecule has 2 aromatic carbocycles. The molecule has 0 spiro atoms. The standard InChI is InChI=1S/C22H27FN2O3/c1-24(22(27)20-13-18(23)7-8-21(20)28-2)14-19(26)15-25-11-9-16-5-3-4-6-17(16)10-12-25/h3-8,13,19,26H,9-12,14-15H2,1-2H3/t19-/m0/s1. The van der Waals surface area contributed by atoms with Gasteiger partial charge in [-0.05, 0) is 42.2 Å². The van der Waals surface area contributed by atoms with Crippen LogP contribution in [0.25, 0.3) is 0 Å². The van der Waals surface area contributed by atoms with Gasteiger partial charge in [0.05, 0.1) is 18.8 Å². The SMILES string of the molecule is COc1ccc(F)cc1C(=O)N(C)C[C@H](O)CN1CCc2ccccc2CC1. The average Bonchev–Trinajstić information content (AvgIpc) is 2.89. The molecule has 0 fully saturated rings. The van der Waals surface area contributed by atoms with E-state index in [2.05, 4.69) is 29.2 Å². The first-order chi connectivity index (χ1) is 13.5. The average molecular weight is 386 g/mol. The number of β-amino-alcohol motifs (C(OH)–C–C–N with tert-alkyl or cyclic N) is 1. The zero-order valence-electron chi connectivity index (χ0n) is 16.4. The van der Waals surface area contributed by atoms with Gasteiger partial charge in [0.1, 0.15) is 11.6 Å². The summed E-state index contributed by atoms with van der Waals surface area (Å²) < 4.78 is 18.7. The van der Waals surface area contributed by atoms with Crippen molar-refractivity contribution < 1.29 is 19.0 Å². The van der Waals surface area contributed by atoms with Crippen molar-refractivity contribution in [3.8, 4) is 5.75 Å². The minimum Gasteiger partial charge on any atom is -0.496 e. The van der Waals surface area contributed by atoms with E-state index in [1.165, 1.54) is 35.3 Å². The maximum absolute atomic E-state index is 13.5. The zero-order chi connectivity index (χ0) is 20.1. The molecule has 28 heavy (non-hydrogen) atoms. The number of rotatable bonds is 6. The highest BCUT2D eigenvalue weighted by molar-refractivity contribution is 5.96. The van der Waals surface area contributed by atoms with Crippen LogP contribution in [0.2, 0.25) is 0 Å². The van der Waals surface area contributed by atoms with Gasteiger partial charge in [0.25, 0.3) is 5.91 Å². The first-order valence-corrected chi connectivity index (χ1v) is 9.54. The third-order valence-corrected chi connectivity index (χ3v) is 5.21. The predicted octanol–water partition coefficient (Wildman–Crippen LogP) is 2.37. The Kier molecular flexibility index (Phi) is 6.65. The van der Waals surface area contributed by atoms with Gasteiger partial charge >= 0.3 is 0 Å². The van der Waals surface area contributed by atoms with E-state index >= 15 is 0 Å². The van der Waals surface area contributed by atoms with Crippen LogP contribution in [0.3, 0.4) is 0 Å². The molecule has 1 aliphatic rings. The van der Waals surface area contributed by atoms with Gasteiger partial charge in [0.2, 0.25) is 0 Å². The van der Waals surface area contributed by atoms with Crippen LogP contribution >= 0.6 is 0 Å². The molecule has 3 rings (SSSR count). The van der Waals surface area contributed by atoms with Gasteiger partial charge in [0.15, 0.2) is 0 Å². The molecular formula is C22H27FN2O3. The molecule has 0 saturated carbocycles. The van der Waals surface area contributed by atoms with E-state index in [9.17, 15) is 14.3 Å². The monoisotopic (exact) mass is 386 g/mol. The number of hydrogen-bond acceptors (Lipinski definition) is 4. The van der Waals surface area contributed by atoms with Crippen molar-refractivity contribution in [1.29, 1.82) is 0 Å². The second-order valence-electron chi connectivity index (χ2n) is 7.25. The van der Waals surface area contributed by atoms with E-state index in [-0.39, 0.29) is 18.0 Å². The smallest absolute Gasteiger partial charge is 0.257 e. The largest absolute Gasteiger partial charge is 0.496 e. The molecular weight excluding hydrogens is 359 g/mol. The second kappa shape index (κ2) is 9.17. The fourth-order valence-corrected chi connectivity index (χ4v) is 3.70. The minimum atomic E-state index is -0.685. The lowest BCUT2D eigenvalue weighted by Crippen LogP contribution is -2.42. The number of aliphatic hydroxyl groups is 1. The number of nitrogens with zero attached hydrogens (tertiary/aromatic N) is 2. The lowest BCUT2D eigenvalue weighted by molar-refractivity contribution is 0.0589. The van der Waals surface area contributed by atoms with Gasteiger partial charge in [-0.2, -0.15) is 0 Å². The Balaban J connectivity index is 1.57. The molecule has 0 aromatic heterocycles. The number of methoxy groups -OCH3 is 1. The van der Waals surface area contributed by atoms with E-state index in [0.29, 0.717) is 12.3 Å². The molecule has 1 N–H and O–H groups in total. The molecule has 1 atom stereocenters. The minimum absolute atomic E-state index is 0.155. The van der Waals surface area contributed by atoms with Gasteiger partial charge < -0.3 is 19.6 Å². The van der Waals surface area contributed by atoms with Crippen molar-refractivity contribution in [1.82, 2.24) is 9.80 Å². The molecule has 1 heterocycles. The molecule has 0 aliphatic carbocycles. The summed E-state index contributed by atoms with van der Waals surface area (Å²) in [7, 11) is 3.05. The Bertz CT molecular complexity index is 800. The molecule has 6 heteroatoms. The number of halogens is 1. The number of ether oxygens (including phenoxy) is 1. The van der Waals surface area contributed by atoms with E-state index in [4.69, 9.17) is 4.74 Å². The lowest BCUT2D eigenvalue weighted by Gasteiger charge is -2.26. The summed E-state index contributed by atoms with van der Waals surface area (Å²) in [6.07, 6.45) is 1.23.